The molecule has 0 bridgehead atoms. The Morgan fingerprint density at radius 2 is 2.00 bits per heavy atom. The number of aromatic nitrogens is 1. The Morgan fingerprint density at radius 1 is 1.13 bits per heavy atom. The lowest BCUT2D eigenvalue weighted by Gasteiger charge is -2.28. The summed E-state index contributed by atoms with van der Waals surface area (Å²) in [6.45, 7) is 2.35. The smallest absolute Gasteiger partial charge is 0.131 e. The molecule has 3 nitrogen and oxygen atoms in total. The number of anilines is 1. The summed E-state index contributed by atoms with van der Waals surface area (Å²) in [6.07, 6.45) is 5.69. The van der Waals surface area contributed by atoms with Crippen molar-refractivity contribution in [2.75, 3.05) is 18.0 Å². The number of hydrogen-bond donors (Lipinski definition) is 0. The van der Waals surface area contributed by atoms with Crippen LogP contribution < -0.4 is 4.90 Å². The molecule has 3 rings (SSSR count). The SMILES string of the molecule is c1cc2nocc2cc1N1CCCCC1. The molecule has 0 radical (unpaired) electrons. The summed E-state index contributed by atoms with van der Waals surface area (Å²) < 4.78 is 4.94. The van der Waals surface area contributed by atoms with E-state index in [1.165, 1.54) is 38.0 Å². The summed E-state index contributed by atoms with van der Waals surface area (Å²) >= 11 is 0. The third kappa shape index (κ3) is 1.58. The van der Waals surface area contributed by atoms with E-state index < -0.39 is 0 Å². The van der Waals surface area contributed by atoms with E-state index in [9.17, 15) is 0 Å². The Labute approximate surface area is 88.7 Å². The Bertz CT molecular complexity index is 457. The molecule has 0 atom stereocenters. The van der Waals surface area contributed by atoms with Gasteiger partial charge in [-0.25, -0.2) is 0 Å². The summed E-state index contributed by atoms with van der Waals surface area (Å²) in [5, 5.41) is 5.01. The molecule has 0 amide bonds. The van der Waals surface area contributed by atoms with E-state index in [1.807, 2.05) is 6.07 Å². The maximum Gasteiger partial charge on any atom is 0.131 e. The molecule has 1 saturated heterocycles. The molecule has 78 valence electrons. The molecule has 3 heteroatoms. The summed E-state index contributed by atoms with van der Waals surface area (Å²) in [7, 11) is 0. The molecule has 1 aromatic heterocycles. The summed E-state index contributed by atoms with van der Waals surface area (Å²) in [5.41, 5.74) is 2.24. The van der Waals surface area contributed by atoms with E-state index in [1.54, 1.807) is 6.26 Å². The molecule has 0 spiro atoms. The maximum atomic E-state index is 4.94. The van der Waals surface area contributed by atoms with Crippen molar-refractivity contribution >= 4 is 16.6 Å². The Balaban J connectivity index is 1.95. The molecule has 1 aromatic carbocycles. The zero-order valence-electron chi connectivity index (χ0n) is 8.65. The van der Waals surface area contributed by atoms with Crippen LogP contribution in [0.1, 0.15) is 19.3 Å². The Hall–Kier alpha value is -1.51. The van der Waals surface area contributed by atoms with E-state index in [2.05, 4.69) is 22.2 Å². The summed E-state index contributed by atoms with van der Waals surface area (Å²) in [6, 6.07) is 6.33. The van der Waals surface area contributed by atoms with Gasteiger partial charge in [0.05, 0.1) is 0 Å². The topological polar surface area (TPSA) is 29.3 Å². The molecule has 0 saturated carbocycles. The fourth-order valence-electron chi connectivity index (χ4n) is 2.21. The standard InChI is InChI=1S/C12H14N2O/c1-2-6-14(7-3-1)11-4-5-12-10(8-11)9-15-13-12/h4-5,8-9H,1-3,6-7H2. The fraction of sp³-hybridized carbons (Fsp3) is 0.417. The quantitative estimate of drug-likeness (QED) is 0.712. The van der Waals surface area contributed by atoms with Gasteiger partial charge in [-0.05, 0) is 37.5 Å². The fourth-order valence-corrected chi connectivity index (χ4v) is 2.21. The largest absolute Gasteiger partial charge is 0.372 e. The monoisotopic (exact) mass is 202 g/mol. The molecule has 1 fully saturated rings. The number of rotatable bonds is 1. The summed E-state index contributed by atoms with van der Waals surface area (Å²) in [4.78, 5) is 2.44. The molecule has 2 heterocycles. The van der Waals surface area contributed by atoms with Crippen LogP contribution in [0.2, 0.25) is 0 Å². The van der Waals surface area contributed by atoms with Gasteiger partial charge in [0, 0.05) is 24.2 Å². The average molecular weight is 202 g/mol. The van der Waals surface area contributed by atoms with Crippen LogP contribution in [0.3, 0.4) is 0 Å². The predicted molar refractivity (Wildman–Crippen MR) is 60.1 cm³/mol. The van der Waals surface area contributed by atoms with Crippen LogP contribution in [-0.2, 0) is 0 Å². The normalized spacial score (nSPS) is 17.2. The van der Waals surface area contributed by atoms with Crippen molar-refractivity contribution in [3.8, 4) is 0 Å². The number of benzene rings is 1. The first kappa shape index (κ1) is 8.77. The molecular weight excluding hydrogens is 188 g/mol. The van der Waals surface area contributed by atoms with Crippen LogP contribution >= 0.6 is 0 Å². The predicted octanol–water partition coefficient (Wildman–Crippen LogP) is 2.82. The number of nitrogens with zero attached hydrogens (tertiary/aromatic N) is 2. The minimum absolute atomic E-state index is 0.941. The first-order valence-corrected chi connectivity index (χ1v) is 5.52. The zero-order chi connectivity index (χ0) is 10.1. The van der Waals surface area contributed by atoms with E-state index in [-0.39, 0.29) is 0 Å². The lowest BCUT2D eigenvalue weighted by atomic mass is 10.1. The van der Waals surface area contributed by atoms with Gasteiger partial charge in [0.15, 0.2) is 0 Å². The van der Waals surface area contributed by atoms with Crippen LogP contribution in [0, 0.1) is 0 Å². The number of hydrogen-bond acceptors (Lipinski definition) is 3. The second-order valence-electron chi connectivity index (χ2n) is 4.11. The number of fused-ring (bicyclic) bond motifs is 1. The first-order valence-electron chi connectivity index (χ1n) is 5.52. The van der Waals surface area contributed by atoms with Gasteiger partial charge < -0.3 is 9.42 Å². The van der Waals surface area contributed by atoms with Gasteiger partial charge in [-0.1, -0.05) is 5.16 Å². The Morgan fingerprint density at radius 3 is 2.87 bits per heavy atom. The highest BCUT2D eigenvalue weighted by molar-refractivity contribution is 5.81. The second kappa shape index (κ2) is 3.57. The minimum Gasteiger partial charge on any atom is -0.372 e. The van der Waals surface area contributed by atoms with Crippen molar-refractivity contribution in [2.24, 2.45) is 0 Å². The lowest BCUT2D eigenvalue weighted by Crippen LogP contribution is -2.29. The van der Waals surface area contributed by atoms with Crippen LogP contribution in [0.25, 0.3) is 10.9 Å². The van der Waals surface area contributed by atoms with Crippen LogP contribution in [-0.4, -0.2) is 18.2 Å². The molecular formula is C12H14N2O. The van der Waals surface area contributed by atoms with Gasteiger partial charge in [0.1, 0.15) is 11.8 Å². The lowest BCUT2D eigenvalue weighted by molar-refractivity contribution is 0.428. The van der Waals surface area contributed by atoms with Gasteiger partial charge in [-0.15, -0.1) is 0 Å². The van der Waals surface area contributed by atoms with Gasteiger partial charge in [-0.3, -0.25) is 0 Å². The van der Waals surface area contributed by atoms with Gasteiger partial charge in [-0.2, -0.15) is 0 Å². The zero-order valence-corrected chi connectivity index (χ0v) is 8.65. The van der Waals surface area contributed by atoms with E-state index in [0.717, 1.165) is 10.9 Å². The van der Waals surface area contributed by atoms with Crippen LogP contribution in [0.5, 0.6) is 0 Å². The highest BCUT2D eigenvalue weighted by Crippen LogP contribution is 2.23. The van der Waals surface area contributed by atoms with E-state index >= 15 is 0 Å². The van der Waals surface area contributed by atoms with Crippen molar-refractivity contribution in [2.45, 2.75) is 19.3 Å². The average Bonchev–Trinajstić information content (AvgIpc) is 2.77. The summed E-state index contributed by atoms with van der Waals surface area (Å²) in [5.74, 6) is 0. The Kier molecular flexibility index (Phi) is 2.09. The highest BCUT2D eigenvalue weighted by atomic mass is 16.5. The van der Waals surface area contributed by atoms with Gasteiger partial charge in [0.25, 0.3) is 0 Å². The molecule has 0 N–H and O–H groups in total. The molecule has 1 aliphatic rings. The maximum absolute atomic E-state index is 4.94. The third-order valence-electron chi connectivity index (χ3n) is 3.06. The molecule has 15 heavy (non-hydrogen) atoms. The van der Waals surface area contributed by atoms with E-state index in [0.29, 0.717) is 0 Å². The molecule has 2 aromatic rings. The highest BCUT2D eigenvalue weighted by Gasteiger charge is 2.11. The van der Waals surface area contributed by atoms with Gasteiger partial charge in [0.2, 0.25) is 0 Å². The molecule has 0 aliphatic carbocycles. The van der Waals surface area contributed by atoms with Crippen LogP contribution in [0.4, 0.5) is 5.69 Å². The van der Waals surface area contributed by atoms with Gasteiger partial charge >= 0.3 is 0 Å². The third-order valence-corrected chi connectivity index (χ3v) is 3.06. The second-order valence-corrected chi connectivity index (χ2v) is 4.11. The van der Waals surface area contributed by atoms with Crippen molar-refractivity contribution in [3.63, 3.8) is 0 Å². The van der Waals surface area contributed by atoms with Crippen molar-refractivity contribution < 1.29 is 4.52 Å². The van der Waals surface area contributed by atoms with Crippen molar-refractivity contribution in [1.29, 1.82) is 0 Å². The van der Waals surface area contributed by atoms with Crippen LogP contribution in [0.15, 0.2) is 29.0 Å². The molecule has 1 aliphatic heterocycles. The van der Waals surface area contributed by atoms with Crippen molar-refractivity contribution in [3.05, 3.63) is 24.5 Å². The van der Waals surface area contributed by atoms with Crippen molar-refractivity contribution in [1.82, 2.24) is 5.16 Å². The molecule has 0 unspecified atom stereocenters. The van der Waals surface area contributed by atoms with E-state index in [4.69, 9.17) is 4.52 Å². The minimum atomic E-state index is 0.941. The number of piperidine rings is 1. The first-order chi connectivity index (χ1) is 7.43.